The van der Waals surface area contributed by atoms with Crippen molar-refractivity contribution in [3.8, 4) is 55.8 Å². The van der Waals surface area contributed by atoms with Crippen LogP contribution < -0.4 is 0 Å². The average Bonchev–Trinajstić information content (AvgIpc) is 3.28. The van der Waals surface area contributed by atoms with Gasteiger partial charge < -0.3 is 15.2 Å². The van der Waals surface area contributed by atoms with Crippen molar-refractivity contribution in [1.82, 2.24) is 4.98 Å². The SMILES string of the molecule is C/C(O)=C/C(C)O.[Ir].[c-]1ccc(-c2cccc(-c3ccc(-c4cccc5ccccc45)c4c(-c5cccc6ccccc56)cccc34)c2)cc1-c1nccc2ccccc12. The van der Waals surface area contributed by atoms with Gasteiger partial charge in [-0.1, -0.05) is 158 Å². The maximum absolute atomic E-state index is 8.49. The number of hydrogen-bond acceptors (Lipinski definition) is 3. The topological polar surface area (TPSA) is 53.4 Å². The van der Waals surface area contributed by atoms with Crippen LogP contribution in [0.3, 0.4) is 0 Å². The number of aliphatic hydroxyl groups excluding tert-OH is 2. The molecule has 0 aliphatic carbocycles. The van der Waals surface area contributed by atoms with Gasteiger partial charge in [-0.25, -0.2) is 0 Å². The monoisotopic (exact) mass is 953 g/mol. The van der Waals surface area contributed by atoms with Crippen molar-refractivity contribution in [3.05, 3.63) is 212 Å². The molecule has 1 atom stereocenters. The van der Waals surface area contributed by atoms with E-state index in [1.165, 1.54) is 84.1 Å². The average molecular weight is 953 g/mol. The van der Waals surface area contributed by atoms with Gasteiger partial charge in [-0.2, -0.15) is 0 Å². The molecular weight excluding hydrogens is 911 g/mol. The first-order valence-corrected chi connectivity index (χ1v) is 20.0. The minimum Gasteiger partial charge on any atom is -0.513 e. The molecule has 1 unspecified atom stereocenters. The third-order valence-electron chi connectivity index (χ3n) is 10.9. The second-order valence-electron chi connectivity index (χ2n) is 14.9. The first kappa shape index (κ1) is 40.1. The van der Waals surface area contributed by atoms with Crippen LogP contribution in [-0.4, -0.2) is 21.3 Å². The van der Waals surface area contributed by atoms with Crippen LogP contribution >= 0.6 is 0 Å². The van der Waals surface area contributed by atoms with Crippen LogP contribution in [0.15, 0.2) is 206 Å². The Kier molecular flexibility index (Phi) is 11.8. The molecule has 293 valence electrons. The van der Waals surface area contributed by atoms with E-state index >= 15 is 0 Å². The summed E-state index contributed by atoms with van der Waals surface area (Å²) < 4.78 is 0. The van der Waals surface area contributed by atoms with Crippen molar-refractivity contribution in [1.29, 1.82) is 0 Å². The fraction of sp³-hybridized carbons (Fsp3) is 0.0536. The number of benzene rings is 9. The van der Waals surface area contributed by atoms with Crippen molar-refractivity contribution in [2.75, 3.05) is 0 Å². The zero-order valence-electron chi connectivity index (χ0n) is 33.3. The van der Waals surface area contributed by atoms with Crippen LogP contribution in [-0.2, 0) is 20.1 Å². The molecule has 60 heavy (non-hydrogen) atoms. The van der Waals surface area contributed by atoms with Crippen LogP contribution in [0.5, 0.6) is 0 Å². The first-order valence-electron chi connectivity index (χ1n) is 20.0. The van der Waals surface area contributed by atoms with Gasteiger partial charge in [0.05, 0.1) is 11.9 Å². The van der Waals surface area contributed by atoms with Crippen molar-refractivity contribution in [3.63, 3.8) is 0 Å². The summed E-state index contributed by atoms with van der Waals surface area (Å²) >= 11 is 0. The van der Waals surface area contributed by atoms with Gasteiger partial charge in [0.15, 0.2) is 0 Å². The van der Waals surface area contributed by atoms with E-state index in [2.05, 4.69) is 188 Å². The van der Waals surface area contributed by atoms with Crippen molar-refractivity contribution in [2.24, 2.45) is 0 Å². The molecule has 9 aromatic carbocycles. The number of hydrogen-bond donors (Lipinski definition) is 2. The van der Waals surface area contributed by atoms with Crippen LogP contribution in [0.4, 0.5) is 0 Å². The molecular formula is C56H42IrNO2-. The molecule has 10 rings (SSSR count). The van der Waals surface area contributed by atoms with E-state index in [1.54, 1.807) is 6.92 Å². The second-order valence-corrected chi connectivity index (χ2v) is 14.9. The quantitative estimate of drug-likeness (QED) is 0.129. The summed E-state index contributed by atoms with van der Waals surface area (Å²) in [6, 6.07) is 71.5. The minimum absolute atomic E-state index is 0. The van der Waals surface area contributed by atoms with E-state index in [0.29, 0.717) is 0 Å². The Balaban J connectivity index is 0.000000576. The fourth-order valence-corrected chi connectivity index (χ4v) is 8.36. The number of allylic oxidation sites excluding steroid dienone is 1. The van der Waals surface area contributed by atoms with E-state index in [0.717, 1.165) is 27.8 Å². The summed E-state index contributed by atoms with van der Waals surface area (Å²) in [5.74, 6) is 0.162. The molecule has 0 spiro atoms. The zero-order valence-corrected chi connectivity index (χ0v) is 35.7. The third-order valence-corrected chi connectivity index (χ3v) is 10.9. The second kappa shape index (κ2) is 17.7. The van der Waals surface area contributed by atoms with Crippen molar-refractivity contribution < 1.29 is 30.3 Å². The van der Waals surface area contributed by atoms with Gasteiger partial charge in [0, 0.05) is 26.3 Å². The molecule has 0 aliphatic heterocycles. The predicted octanol–water partition coefficient (Wildman–Crippen LogP) is 14.7. The molecule has 0 saturated carbocycles. The molecule has 4 heteroatoms. The van der Waals surface area contributed by atoms with Gasteiger partial charge in [0.2, 0.25) is 0 Å². The molecule has 1 aromatic heterocycles. The molecule has 3 nitrogen and oxygen atoms in total. The summed E-state index contributed by atoms with van der Waals surface area (Å²) in [5.41, 5.74) is 11.6. The standard InChI is InChI=1S/C51H32N.C5H10O2.Ir/c1-4-21-41-34(12-1)15-9-24-45(41)48-27-11-26-47-43(28-29-49(50(47)48)46-25-10-16-35-13-2-5-22-42(35)46)39-19-7-17-37(32-39)38-18-8-20-40(33-38)51-44-23-6-3-14-36(44)30-31-52-51;1-4(6)3-5(2)7;/h1-19,21-33H;3-4,6-7H,1-2H3;/q-1;;/b;5-3-;. The van der Waals surface area contributed by atoms with Crippen molar-refractivity contribution in [2.45, 2.75) is 20.0 Å². The molecule has 10 aromatic rings. The minimum atomic E-state index is -0.537. The molecule has 1 heterocycles. The normalized spacial score (nSPS) is 11.9. The Morgan fingerprint density at radius 2 is 1.02 bits per heavy atom. The van der Waals surface area contributed by atoms with Crippen LogP contribution in [0.1, 0.15) is 13.8 Å². The van der Waals surface area contributed by atoms with E-state index in [9.17, 15) is 0 Å². The molecule has 2 N–H and O–H groups in total. The Hall–Kier alpha value is -6.68. The Labute approximate surface area is 364 Å². The molecule has 0 amide bonds. The smallest absolute Gasteiger partial charge is 0.0877 e. The number of pyridine rings is 1. The van der Waals surface area contributed by atoms with Crippen LogP contribution in [0.2, 0.25) is 0 Å². The van der Waals surface area contributed by atoms with Crippen LogP contribution in [0.25, 0.3) is 98.9 Å². The van der Waals surface area contributed by atoms with E-state index in [-0.39, 0.29) is 25.9 Å². The molecule has 0 aliphatic rings. The molecule has 0 saturated heterocycles. The van der Waals surface area contributed by atoms with Crippen LogP contribution in [0, 0.1) is 6.07 Å². The number of rotatable bonds is 6. The maximum Gasteiger partial charge on any atom is 0.0877 e. The molecule has 0 fully saturated rings. The summed E-state index contributed by atoms with van der Waals surface area (Å²) in [5, 5.41) is 26.7. The number of aliphatic hydroxyl groups is 2. The number of nitrogens with zero attached hydrogens (tertiary/aromatic N) is 1. The van der Waals surface area contributed by atoms with Gasteiger partial charge in [0.1, 0.15) is 0 Å². The largest absolute Gasteiger partial charge is 0.513 e. The third kappa shape index (κ3) is 8.02. The number of fused-ring (bicyclic) bond motifs is 4. The Morgan fingerprint density at radius 1 is 0.517 bits per heavy atom. The summed E-state index contributed by atoms with van der Waals surface area (Å²) in [6.07, 6.45) is 2.71. The van der Waals surface area contributed by atoms with E-state index in [1.807, 2.05) is 12.3 Å². The van der Waals surface area contributed by atoms with Gasteiger partial charge in [0.25, 0.3) is 0 Å². The summed E-state index contributed by atoms with van der Waals surface area (Å²) in [7, 11) is 0. The summed E-state index contributed by atoms with van der Waals surface area (Å²) in [4.78, 5) is 4.78. The Bertz CT molecular complexity index is 3080. The van der Waals surface area contributed by atoms with Gasteiger partial charge in [-0.15, -0.1) is 35.4 Å². The molecule has 0 bridgehead atoms. The fourth-order valence-electron chi connectivity index (χ4n) is 8.36. The van der Waals surface area contributed by atoms with Gasteiger partial charge >= 0.3 is 0 Å². The van der Waals surface area contributed by atoms with Gasteiger partial charge in [-0.05, 0) is 120 Å². The number of aromatic nitrogens is 1. The first-order chi connectivity index (χ1) is 28.9. The van der Waals surface area contributed by atoms with Gasteiger partial charge in [-0.3, -0.25) is 0 Å². The predicted molar refractivity (Wildman–Crippen MR) is 248 cm³/mol. The summed E-state index contributed by atoms with van der Waals surface area (Å²) in [6.45, 7) is 3.10. The Morgan fingerprint density at radius 3 is 1.67 bits per heavy atom. The molecule has 1 radical (unpaired) electrons. The van der Waals surface area contributed by atoms with Crippen molar-refractivity contribution >= 4 is 43.1 Å². The zero-order chi connectivity index (χ0) is 40.3. The maximum atomic E-state index is 8.49. The van der Waals surface area contributed by atoms with E-state index in [4.69, 9.17) is 15.2 Å². The van der Waals surface area contributed by atoms with E-state index < -0.39 is 6.10 Å².